The molecule has 1 aromatic carbocycles. The van der Waals surface area contributed by atoms with Crippen LogP contribution in [0.4, 0.5) is 0 Å². The molecule has 20 heavy (non-hydrogen) atoms. The van der Waals surface area contributed by atoms with Crippen LogP contribution >= 0.6 is 11.3 Å². The van der Waals surface area contributed by atoms with Crippen LogP contribution in [0, 0.1) is 0 Å². The first-order valence-corrected chi connectivity index (χ1v) is 7.91. The number of nitrogens with one attached hydrogen (secondary N) is 1. The van der Waals surface area contributed by atoms with Gasteiger partial charge < -0.3 is 0 Å². The SMILES string of the molecule is CONC1=CCC(c2cccc(-c3ccsc3)c2)CC1. The Bertz CT molecular complexity index is 589. The number of hydrogen-bond acceptors (Lipinski definition) is 3. The van der Waals surface area contributed by atoms with Crippen LogP contribution in [0.1, 0.15) is 30.7 Å². The van der Waals surface area contributed by atoms with Crippen LogP contribution in [0.25, 0.3) is 11.1 Å². The summed E-state index contributed by atoms with van der Waals surface area (Å²) in [7, 11) is 1.66. The van der Waals surface area contributed by atoms with Gasteiger partial charge in [0.05, 0.1) is 7.11 Å². The van der Waals surface area contributed by atoms with Crippen molar-refractivity contribution < 1.29 is 4.84 Å². The molecular weight excluding hydrogens is 266 g/mol. The number of hydroxylamine groups is 1. The molecule has 1 aromatic heterocycles. The van der Waals surface area contributed by atoms with Crippen molar-refractivity contribution in [3.8, 4) is 11.1 Å². The van der Waals surface area contributed by atoms with Crippen molar-refractivity contribution >= 4 is 11.3 Å². The van der Waals surface area contributed by atoms with Crippen LogP contribution < -0.4 is 5.48 Å². The molecule has 0 aliphatic heterocycles. The largest absolute Gasteiger partial charge is 0.280 e. The van der Waals surface area contributed by atoms with Crippen molar-refractivity contribution in [1.29, 1.82) is 0 Å². The zero-order valence-electron chi connectivity index (χ0n) is 11.6. The summed E-state index contributed by atoms with van der Waals surface area (Å²) in [5, 5.41) is 4.34. The van der Waals surface area contributed by atoms with Crippen molar-refractivity contribution in [2.24, 2.45) is 0 Å². The molecule has 1 atom stereocenters. The third-order valence-corrected chi connectivity index (χ3v) is 4.54. The van der Waals surface area contributed by atoms with Crippen LogP contribution in [0.2, 0.25) is 0 Å². The highest BCUT2D eigenvalue weighted by molar-refractivity contribution is 7.08. The predicted octanol–water partition coefficient (Wildman–Crippen LogP) is 4.72. The summed E-state index contributed by atoms with van der Waals surface area (Å²) in [6, 6.07) is 11.2. The molecule has 0 radical (unpaired) electrons. The van der Waals surface area contributed by atoms with Gasteiger partial charge in [-0.2, -0.15) is 11.3 Å². The maximum absolute atomic E-state index is 4.97. The number of hydrogen-bond donors (Lipinski definition) is 1. The summed E-state index contributed by atoms with van der Waals surface area (Å²) in [5.74, 6) is 0.621. The molecule has 1 unspecified atom stereocenters. The Labute approximate surface area is 124 Å². The van der Waals surface area contributed by atoms with E-state index in [0.717, 1.165) is 12.8 Å². The van der Waals surface area contributed by atoms with Gasteiger partial charge >= 0.3 is 0 Å². The van der Waals surface area contributed by atoms with E-state index in [-0.39, 0.29) is 0 Å². The van der Waals surface area contributed by atoms with Crippen molar-refractivity contribution in [1.82, 2.24) is 5.48 Å². The lowest BCUT2D eigenvalue weighted by molar-refractivity contribution is 0.113. The molecule has 2 aromatic rings. The van der Waals surface area contributed by atoms with E-state index in [1.165, 1.54) is 28.8 Å². The van der Waals surface area contributed by atoms with E-state index in [2.05, 4.69) is 52.6 Å². The minimum atomic E-state index is 0.621. The Hall–Kier alpha value is -1.58. The molecule has 1 aliphatic rings. The topological polar surface area (TPSA) is 21.3 Å². The molecule has 0 saturated carbocycles. The fraction of sp³-hybridized carbons (Fsp3) is 0.294. The van der Waals surface area contributed by atoms with Gasteiger partial charge in [0.1, 0.15) is 0 Å². The van der Waals surface area contributed by atoms with Crippen molar-refractivity contribution in [2.45, 2.75) is 25.2 Å². The Morgan fingerprint density at radius 3 is 2.90 bits per heavy atom. The van der Waals surface area contributed by atoms with Gasteiger partial charge in [0.25, 0.3) is 0 Å². The average Bonchev–Trinajstić information content (AvgIpc) is 3.03. The highest BCUT2D eigenvalue weighted by atomic mass is 32.1. The van der Waals surface area contributed by atoms with Gasteiger partial charge in [0.15, 0.2) is 0 Å². The van der Waals surface area contributed by atoms with Crippen LogP contribution in [0.3, 0.4) is 0 Å². The smallest absolute Gasteiger partial charge is 0.0636 e. The Morgan fingerprint density at radius 2 is 2.20 bits per heavy atom. The summed E-state index contributed by atoms with van der Waals surface area (Å²) in [5.41, 5.74) is 8.26. The van der Waals surface area contributed by atoms with Crippen LogP contribution in [0.15, 0.2) is 52.9 Å². The second kappa shape index (κ2) is 6.25. The van der Waals surface area contributed by atoms with Gasteiger partial charge in [-0.1, -0.05) is 30.3 Å². The van der Waals surface area contributed by atoms with E-state index < -0.39 is 0 Å². The fourth-order valence-corrected chi connectivity index (χ4v) is 3.43. The summed E-state index contributed by atoms with van der Waals surface area (Å²) >= 11 is 1.75. The normalized spacial score (nSPS) is 18.6. The molecule has 104 valence electrons. The van der Waals surface area contributed by atoms with E-state index in [1.807, 2.05) is 0 Å². The first-order chi connectivity index (χ1) is 9.86. The quantitative estimate of drug-likeness (QED) is 0.821. The van der Waals surface area contributed by atoms with E-state index >= 15 is 0 Å². The molecule has 0 spiro atoms. The maximum Gasteiger partial charge on any atom is 0.0636 e. The predicted molar refractivity (Wildman–Crippen MR) is 84.6 cm³/mol. The second-order valence-corrected chi connectivity index (χ2v) is 5.92. The zero-order valence-corrected chi connectivity index (χ0v) is 12.5. The molecule has 1 aliphatic carbocycles. The first kappa shape index (κ1) is 13.4. The summed E-state index contributed by atoms with van der Waals surface area (Å²) < 4.78 is 0. The van der Waals surface area contributed by atoms with E-state index in [4.69, 9.17) is 4.84 Å². The van der Waals surface area contributed by atoms with Crippen LogP contribution in [0.5, 0.6) is 0 Å². The highest BCUT2D eigenvalue weighted by Gasteiger charge is 2.16. The Kier molecular flexibility index (Phi) is 4.19. The third kappa shape index (κ3) is 2.94. The Morgan fingerprint density at radius 1 is 1.25 bits per heavy atom. The van der Waals surface area contributed by atoms with E-state index in [9.17, 15) is 0 Å². The van der Waals surface area contributed by atoms with Crippen LogP contribution in [-0.4, -0.2) is 7.11 Å². The number of thiophene rings is 1. The summed E-state index contributed by atoms with van der Waals surface area (Å²) in [6.45, 7) is 0. The van der Waals surface area contributed by atoms with Gasteiger partial charge in [-0.3, -0.25) is 10.3 Å². The molecular formula is C17H19NOS. The van der Waals surface area contributed by atoms with Gasteiger partial charge in [-0.25, -0.2) is 0 Å². The lowest BCUT2D eigenvalue weighted by Gasteiger charge is -2.22. The van der Waals surface area contributed by atoms with Gasteiger partial charge in [0.2, 0.25) is 0 Å². The number of rotatable bonds is 4. The molecule has 3 heteroatoms. The summed E-state index contributed by atoms with van der Waals surface area (Å²) in [4.78, 5) is 4.97. The molecule has 1 N–H and O–H groups in total. The molecule has 0 amide bonds. The van der Waals surface area contributed by atoms with E-state index in [0.29, 0.717) is 5.92 Å². The zero-order chi connectivity index (χ0) is 13.8. The lowest BCUT2D eigenvalue weighted by Crippen LogP contribution is -2.15. The van der Waals surface area contributed by atoms with Crippen LogP contribution in [-0.2, 0) is 4.84 Å². The minimum Gasteiger partial charge on any atom is -0.280 e. The standard InChI is InChI=1S/C17H19NOS/c1-19-18-17-7-5-13(6-8-17)14-3-2-4-15(11-14)16-9-10-20-12-16/h2-4,7,9-13,18H,5-6,8H2,1H3. The molecule has 0 saturated heterocycles. The van der Waals surface area contributed by atoms with E-state index in [1.54, 1.807) is 18.4 Å². The highest BCUT2D eigenvalue weighted by Crippen LogP contribution is 2.33. The van der Waals surface area contributed by atoms with Gasteiger partial charge in [-0.15, -0.1) is 0 Å². The lowest BCUT2D eigenvalue weighted by atomic mass is 9.85. The molecule has 0 bridgehead atoms. The molecule has 3 rings (SSSR count). The summed E-state index contributed by atoms with van der Waals surface area (Å²) in [6.07, 6.45) is 5.57. The maximum atomic E-state index is 4.97. The number of benzene rings is 1. The Balaban J connectivity index is 1.77. The minimum absolute atomic E-state index is 0.621. The first-order valence-electron chi connectivity index (χ1n) is 6.97. The molecule has 0 fully saturated rings. The monoisotopic (exact) mass is 285 g/mol. The molecule has 1 heterocycles. The second-order valence-electron chi connectivity index (χ2n) is 5.14. The van der Waals surface area contributed by atoms with Crippen molar-refractivity contribution in [3.05, 3.63) is 58.4 Å². The average molecular weight is 285 g/mol. The van der Waals surface area contributed by atoms with Crippen molar-refractivity contribution in [2.75, 3.05) is 7.11 Å². The third-order valence-electron chi connectivity index (χ3n) is 3.86. The van der Waals surface area contributed by atoms with Gasteiger partial charge in [-0.05, 0) is 58.7 Å². The number of allylic oxidation sites excluding steroid dienone is 2. The van der Waals surface area contributed by atoms with Crippen molar-refractivity contribution in [3.63, 3.8) is 0 Å². The van der Waals surface area contributed by atoms with Gasteiger partial charge in [0, 0.05) is 5.70 Å². The molecule has 2 nitrogen and oxygen atoms in total. The fourth-order valence-electron chi connectivity index (χ4n) is 2.76.